The van der Waals surface area contributed by atoms with E-state index in [1.165, 1.54) is 5.56 Å². The van der Waals surface area contributed by atoms with Crippen LogP contribution in [0.25, 0.3) is 16.6 Å². The van der Waals surface area contributed by atoms with Crippen LogP contribution in [0.15, 0.2) is 71.7 Å². The van der Waals surface area contributed by atoms with Crippen molar-refractivity contribution in [2.45, 2.75) is 32.7 Å². The van der Waals surface area contributed by atoms with Gasteiger partial charge in [-0.1, -0.05) is 62.4 Å². The van der Waals surface area contributed by atoms with Gasteiger partial charge in [0.05, 0.1) is 17.6 Å². The Bertz CT molecular complexity index is 1110. The molecule has 0 spiro atoms. The molecule has 0 amide bonds. The van der Waals surface area contributed by atoms with Gasteiger partial charge in [-0.05, 0) is 30.0 Å². The van der Waals surface area contributed by atoms with Crippen molar-refractivity contribution in [1.29, 1.82) is 0 Å². The first kappa shape index (κ1) is 17.2. The first-order chi connectivity index (χ1) is 13.1. The van der Waals surface area contributed by atoms with Crippen molar-refractivity contribution >= 4 is 10.9 Å². The van der Waals surface area contributed by atoms with Gasteiger partial charge in [-0.3, -0.25) is 4.79 Å². The Hall–Kier alpha value is -3.21. The average Bonchev–Trinajstić information content (AvgIpc) is 3.14. The second kappa shape index (κ2) is 7.19. The number of para-hydroxylation sites is 1. The lowest BCUT2D eigenvalue weighted by atomic mass is 10.1. The van der Waals surface area contributed by atoms with E-state index in [9.17, 15) is 4.79 Å². The van der Waals surface area contributed by atoms with Gasteiger partial charge in [0.2, 0.25) is 0 Å². The molecule has 0 atom stereocenters. The van der Waals surface area contributed by atoms with E-state index in [1.807, 2.05) is 48.5 Å². The fourth-order valence-electron chi connectivity index (χ4n) is 3.32. The third-order valence-corrected chi connectivity index (χ3v) is 4.71. The minimum atomic E-state index is -0.105. The maximum Gasteiger partial charge on any atom is 0.293 e. The zero-order valence-electron chi connectivity index (χ0n) is 15.5. The highest BCUT2D eigenvalue weighted by molar-refractivity contribution is 5.82. The molecular formula is C22H22N4O. The van der Waals surface area contributed by atoms with E-state index in [-0.39, 0.29) is 11.5 Å². The third kappa shape index (κ3) is 3.28. The normalized spacial score (nSPS) is 11.4. The van der Waals surface area contributed by atoms with Crippen LogP contribution in [-0.4, -0.2) is 19.6 Å². The molecule has 0 radical (unpaired) electrons. The van der Waals surface area contributed by atoms with Crippen molar-refractivity contribution in [1.82, 2.24) is 19.6 Å². The Morgan fingerprint density at radius 3 is 2.30 bits per heavy atom. The Labute approximate surface area is 157 Å². The minimum absolute atomic E-state index is 0.105. The summed E-state index contributed by atoms with van der Waals surface area (Å²) >= 11 is 0. The second-order valence-corrected chi connectivity index (χ2v) is 6.96. The van der Waals surface area contributed by atoms with Crippen molar-refractivity contribution < 1.29 is 0 Å². The van der Waals surface area contributed by atoms with Crippen LogP contribution in [-0.2, 0) is 13.0 Å². The van der Waals surface area contributed by atoms with Gasteiger partial charge in [0, 0.05) is 11.9 Å². The number of rotatable bonds is 5. The van der Waals surface area contributed by atoms with Crippen LogP contribution >= 0.6 is 0 Å². The molecule has 5 heteroatoms. The molecule has 0 aliphatic heterocycles. The second-order valence-electron chi connectivity index (χ2n) is 6.96. The summed E-state index contributed by atoms with van der Waals surface area (Å²) < 4.78 is 3.32. The lowest BCUT2D eigenvalue weighted by molar-refractivity contribution is 0.562. The fraction of sp³-hybridized carbons (Fsp3) is 0.227. The summed E-state index contributed by atoms with van der Waals surface area (Å²) in [6.45, 7) is 4.72. The molecule has 2 aromatic carbocycles. The first-order valence-electron chi connectivity index (χ1n) is 9.23. The van der Waals surface area contributed by atoms with E-state index in [0.717, 1.165) is 23.2 Å². The largest absolute Gasteiger partial charge is 0.293 e. The molecular weight excluding hydrogens is 336 g/mol. The number of aromatic nitrogens is 4. The Balaban J connectivity index is 1.84. The summed E-state index contributed by atoms with van der Waals surface area (Å²) in [6, 6.07) is 19.9. The predicted octanol–water partition coefficient (Wildman–Crippen LogP) is 3.95. The van der Waals surface area contributed by atoms with Crippen LogP contribution in [0.4, 0.5) is 0 Å². The van der Waals surface area contributed by atoms with Gasteiger partial charge < -0.3 is 0 Å². The smallest absolute Gasteiger partial charge is 0.265 e. The zero-order chi connectivity index (χ0) is 18.8. The highest BCUT2D eigenvalue weighted by Crippen LogP contribution is 2.22. The number of nitrogens with zero attached hydrogens (tertiary/aromatic N) is 4. The summed E-state index contributed by atoms with van der Waals surface area (Å²) in [5.74, 6) is 0.199. The Morgan fingerprint density at radius 1 is 0.963 bits per heavy atom. The van der Waals surface area contributed by atoms with E-state index in [4.69, 9.17) is 0 Å². The topological polar surface area (TPSA) is 52.7 Å². The summed E-state index contributed by atoms with van der Waals surface area (Å²) in [5.41, 5.74) is 3.45. The molecule has 2 heterocycles. The third-order valence-electron chi connectivity index (χ3n) is 4.71. The van der Waals surface area contributed by atoms with Crippen LogP contribution < -0.4 is 5.56 Å². The van der Waals surface area contributed by atoms with Crippen LogP contribution in [0, 0.1) is 0 Å². The SMILES string of the molecule is CC(C)c1nn(CCc2ccccc2)c(=O)c2c1cnn2-c1ccccc1. The van der Waals surface area contributed by atoms with E-state index in [1.54, 1.807) is 15.6 Å². The number of fused-ring (bicyclic) bond motifs is 1. The van der Waals surface area contributed by atoms with Gasteiger partial charge in [-0.25, -0.2) is 9.36 Å². The lowest BCUT2D eigenvalue weighted by Gasteiger charge is -2.12. The molecule has 0 bridgehead atoms. The monoisotopic (exact) mass is 358 g/mol. The van der Waals surface area contributed by atoms with Crippen molar-refractivity contribution in [3.05, 3.63) is 88.5 Å². The van der Waals surface area contributed by atoms with Crippen molar-refractivity contribution in [2.75, 3.05) is 0 Å². The highest BCUT2D eigenvalue weighted by Gasteiger charge is 2.18. The molecule has 0 aliphatic rings. The number of hydrogen-bond acceptors (Lipinski definition) is 3. The molecule has 4 rings (SSSR count). The molecule has 136 valence electrons. The van der Waals surface area contributed by atoms with E-state index >= 15 is 0 Å². The summed E-state index contributed by atoms with van der Waals surface area (Å²) in [7, 11) is 0. The summed E-state index contributed by atoms with van der Waals surface area (Å²) in [6.07, 6.45) is 2.52. The Kier molecular flexibility index (Phi) is 4.59. The molecule has 4 aromatic rings. The summed E-state index contributed by atoms with van der Waals surface area (Å²) in [5, 5.41) is 9.99. The minimum Gasteiger partial charge on any atom is -0.265 e. The number of benzene rings is 2. The van der Waals surface area contributed by atoms with Crippen LogP contribution in [0.2, 0.25) is 0 Å². The highest BCUT2D eigenvalue weighted by atomic mass is 16.1. The number of hydrogen-bond donors (Lipinski definition) is 0. The van der Waals surface area contributed by atoms with Crippen molar-refractivity contribution in [3.63, 3.8) is 0 Å². The Morgan fingerprint density at radius 2 is 1.63 bits per heavy atom. The molecule has 0 unspecified atom stereocenters. The average molecular weight is 358 g/mol. The predicted molar refractivity (Wildman–Crippen MR) is 107 cm³/mol. The molecule has 0 saturated carbocycles. The lowest BCUT2D eigenvalue weighted by Crippen LogP contribution is -2.27. The fourth-order valence-corrected chi connectivity index (χ4v) is 3.32. The molecule has 0 aliphatic carbocycles. The van der Waals surface area contributed by atoms with Gasteiger partial charge in [0.1, 0.15) is 5.52 Å². The molecule has 5 nitrogen and oxygen atoms in total. The van der Waals surface area contributed by atoms with E-state index < -0.39 is 0 Å². The number of aryl methyl sites for hydroxylation is 2. The molecule has 27 heavy (non-hydrogen) atoms. The maximum atomic E-state index is 13.2. The van der Waals surface area contributed by atoms with Gasteiger partial charge in [-0.15, -0.1) is 0 Å². The van der Waals surface area contributed by atoms with E-state index in [0.29, 0.717) is 12.1 Å². The van der Waals surface area contributed by atoms with Crippen LogP contribution in [0.1, 0.15) is 31.0 Å². The van der Waals surface area contributed by atoms with Gasteiger partial charge in [-0.2, -0.15) is 10.2 Å². The maximum absolute atomic E-state index is 13.2. The molecule has 0 saturated heterocycles. The molecule has 2 aromatic heterocycles. The quantitative estimate of drug-likeness (QED) is 0.543. The summed E-state index contributed by atoms with van der Waals surface area (Å²) in [4.78, 5) is 13.2. The van der Waals surface area contributed by atoms with Crippen molar-refractivity contribution in [2.24, 2.45) is 0 Å². The van der Waals surface area contributed by atoms with Crippen LogP contribution in [0.3, 0.4) is 0 Å². The van der Waals surface area contributed by atoms with E-state index in [2.05, 4.69) is 36.2 Å². The first-order valence-corrected chi connectivity index (χ1v) is 9.23. The zero-order valence-corrected chi connectivity index (χ0v) is 15.5. The standard InChI is InChI=1S/C22H22N4O/c1-16(2)20-19-15-23-26(18-11-7-4-8-12-18)21(19)22(27)25(24-20)14-13-17-9-5-3-6-10-17/h3-12,15-16H,13-14H2,1-2H3. The van der Waals surface area contributed by atoms with Gasteiger partial charge >= 0.3 is 0 Å². The van der Waals surface area contributed by atoms with Gasteiger partial charge in [0.15, 0.2) is 0 Å². The molecule has 0 fully saturated rings. The van der Waals surface area contributed by atoms with Gasteiger partial charge in [0.25, 0.3) is 5.56 Å². The van der Waals surface area contributed by atoms with Crippen LogP contribution in [0.5, 0.6) is 0 Å². The molecule has 0 N–H and O–H groups in total. The van der Waals surface area contributed by atoms with Crippen molar-refractivity contribution in [3.8, 4) is 5.69 Å².